The highest BCUT2D eigenvalue weighted by Gasteiger charge is 2.12. The zero-order chi connectivity index (χ0) is 17.2. The molecule has 0 amide bonds. The van der Waals surface area contributed by atoms with Gasteiger partial charge in [-0.15, -0.1) is 5.10 Å². The van der Waals surface area contributed by atoms with Gasteiger partial charge < -0.3 is 5.32 Å². The summed E-state index contributed by atoms with van der Waals surface area (Å²) < 4.78 is 14.7. The summed E-state index contributed by atoms with van der Waals surface area (Å²) in [6.45, 7) is 2.48. The Morgan fingerprint density at radius 1 is 1.08 bits per heavy atom. The molecule has 0 aliphatic rings. The van der Waals surface area contributed by atoms with Crippen LogP contribution in [0, 0.1) is 12.7 Å². The first-order valence-electron chi connectivity index (χ1n) is 7.81. The molecule has 0 spiro atoms. The minimum atomic E-state index is -0.265. The second-order valence-electron chi connectivity index (χ2n) is 5.76. The molecule has 0 bridgehead atoms. The Morgan fingerprint density at radius 3 is 2.72 bits per heavy atom. The fourth-order valence-corrected chi connectivity index (χ4v) is 2.61. The van der Waals surface area contributed by atoms with E-state index in [4.69, 9.17) is 0 Å². The number of aryl methyl sites for hydroxylation is 1. The molecular formula is C18H15FN6. The normalized spacial score (nSPS) is 11.0. The van der Waals surface area contributed by atoms with E-state index in [9.17, 15) is 4.39 Å². The van der Waals surface area contributed by atoms with Gasteiger partial charge in [0.05, 0.1) is 6.54 Å². The number of hydrogen-bond acceptors (Lipinski definition) is 5. The molecule has 1 N–H and O–H groups in total. The van der Waals surface area contributed by atoms with Gasteiger partial charge in [0.2, 0.25) is 0 Å². The Balaban J connectivity index is 1.66. The van der Waals surface area contributed by atoms with Gasteiger partial charge in [-0.05, 0) is 42.3 Å². The van der Waals surface area contributed by atoms with E-state index < -0.39 is 0 Å². The third-order valence-corrected chi connectivity index (χ3v) is 3.83. The van der Waals surface area contributed by atoms with E-state index in [1.807, 2.05) is 31.2 Å². The number of anilines is 2. The second kappa shape index (κ2) is 6.27. The van der Waals surface area contributed by atoms with Gasteiger partial charge in [-0.25, -0.2) is 19.0 Å². The van der Waals surface area contributed by atoms with Gasteiger partial charge in [-0.1, -0.05) is 29.5 Å². The Hall–Kier alpha value is -3.35. The van der Waals surface area contributed by atoms with Crippen molar-refractivity contribution in [1.82, 2.24) is 25.0 Å². The van der Waals surface area contributed by atoms with E-state index in [1.165, 1.54) is 18.5 Å². The smallest absolute Gasteiger partial charge is 0.184 e. The monoisotopic (exact) mass is 334 g/mol. The first kappa shape index (κ1) is 15.2. The summed E-state index contributed by atoms with van der Waals surface area (Å²) >= 11 is 0. The summed E-state index contributed by atoms with van der Waals surface area (Å²) in [7, 11) is 0. The molecule has 0 radical (unpaired) electrons. The van der Waals surface area contributed by atoms with Crippen LogP contribution < -0.4 is 5.32 Å². The second-order valence-corrected chi connectivity index (χ2v) is 5.76. The standard InChI is InChI=1S/C18H15FN6/c1-12-3-2-4-15(9-12)22-17-16-18(21-11-20-17)25(24-23-16)10-13-5-7-14(19)8-6-13/h2-9,11H,10H2,1H3,(H,20,21,22). The molecule has 124 valence electrons. The number of benzene rings is 2. The van der Waals surface area contributed by atoms with E-state index in [-0.39, 0.29) is 5.82 Å². The Labute approximate surface area is 143 Å². The topological polar surface area (TPSA) is 68.5 Å². The average Bonchev–Trinajstić information content (AvgIpc) is 3.01. The van der Waals surface area contributed by atoms with Crippen molar-refractivity contribution in [3.63, 3.8) is 0 Å². The van der Waals surface area contributed by atoms with E-state index in [0.29, 0.717) is 23.5 Å². The van der Waals surface area contributed by atoms with Crippen molar-refractivity contribution in [1.29, 1.82) is 0 Å². The van der Waals surface area contributed by atoms with Gasteiger partial charge >= 0.3 is 0 Å². The summed E-state index contributed by atoms with van der Waals surface area (Å²) in [5.41, 5.74) is 4.20. The Morgan fingerprint density at radius 2 is 1.92 bits per heavy atom. The molecule has 0 atom stereocenters. The fraction of sp³-hybridized carbons (Fsp3) is 0.111. The largest absolute Gasteiger partial charge is 0.338 e. The molecule has 4 aromatic rings. The summed E-state index contributed by atoms with van der Waals surface area (Å²) in [6.07, 6.45) is 1.48. The predicted octanol–water partition coefficient (Wildman–Crippen LogP) is 3.46. The van der Waals surface area contributed by atoms with Crippen molar-refractivity contribution in [3.8, 4) is 0 Å². The van der Waals surface area contributed by atoms with Gasteiger partial charge in [0.25, 0.3) is 0 Å². The highest BCUT2D eigenvalue weighted by Crippen LogP contribution is 2.21. The Kier molecular flexibility index (Phi) is 3.81. The first-order valence-corrected chi connectivity index (χ1v) is 7.81. The summed E-state index contributed by atoms with van der Waals surface area (Å²) in [5, 5.41) is 11.6. The molecule has 2 heterocycles. The maximum absolute atomic E-state index is 13.0. The number of fused-ring (bicyclic) bond motifs is 1. The molecule has 0 unspecified atom stereocenters. The number of aromatic nitrogens is 5. The summed E-state index contributed by atoms with van der Waals surface area (Å²) in [5.74, 6) is 0.333. The Bertz CT molecular complexity index is 1030. The molecule has 2 aromatic heterocycles. The van der Waals surface area contributed by atoms with Crippen LogP contribution in [-0.4, -0.2) is 25.0 Å². The molecule has 0 aliphatic heterocycles. The van der Waals surface area contributed by atoms with Crippen LogP contribution in [0.2, 0.25) is 0 Å². The number of rotatable bonds is 4. The number of hydrogen-bond donors (Lipinski definition) is 1. The highest BCUT2D eigenvalue weighted by atomic mass is 19.1. The molecule has 6 nitrogen and oxygen atoms in total. The molecule has 7 heteroatoms. The van der Waals surface area contributed by atoms with Gasteiger partial charge in [-0.3, -0.25) is 0 Å². The molecule has 2 aromatic carbocycles. The SMILES string of the molecule is Cc1cccc(Nc2ncnc3c2nnn3Cc2ccc(F)cc2)c1. The first-order chi connectivity index (χ1) is 12.2. The fourth-order valence-electron chi connectivity index (χ4n) is 2.61. The molecule has 0 saturated carbocycles. The third kappa shape index (κ3) is 3.16. The van der Waals surface area contributed by atoms with Crippen LogP contribution >= 0.6 is 0 Å². The lowest BCUT2D eigenvalue weighted by molar-refractivity contribution is 0.623. The van der Waals surface area contributed by atoms with Crippen LogP contribution in [0.4, 0.5) is 15.9 Å². The van der Waals surface area contributed by atoms with E-state index in [2.05, 4.69) is 25.6 Å². The predicted molar refractivity (Wildman–Crippen MR) is 93.1 cm³/mol. The summed E-state index contributed by atoms with van der Waals surface area (Å²) in [6, 6.07) is 14.3. The van der Waals surface area contributed by atoms with E-state index >= 15 is 0 Å². The number of halogens is 1. The van der Waals surface area contributed by atoms with Crippen LogP contribution in [0.25, 0.3) is 11.2 Å². The van der Waals surface area contributed by atoms with Crippen molar-refractivity contribution >= 4 is 22.7 Å². The minimum absolute atomic E-state index is 0.265. The molecular weight excluding hydrogens is 319 g/mol. The van der Waals surface area contributed by atoms with Crippen LogP contribution in [-0.2, 0) is 6.54 Å². The van der Waals surface area contributed by atoms with Gasteiger partial charge in [-0.2, -0.15) is 0 Å². The van der Waals surface area contributed by atoms with Crippen molar-refractivity contribution in [2.45, 2.75) is 13.5 Å². The lowest BCUT2D eigenvalue weighted by Gasteiger charge is -2.06. The maximum Gasteiger partial charge on any atom is 0.184 e. The van der Waals surface area contributed by atoms with Crippen molar-refractivity contribution < 1.29 is 4.39 Å². The average molecular weight is 334 g/mol. The van der Waals surface area contributed by atoms with Crippen LogP contribution in [0.5, 0.6) is 0 Å². The molecule has 4 rings (SSSR count). The number of nitrogens with one attached hydrogen (secondary N) is 1. The lowest BCUT2D eigenvalue weighted by atomic mass is 10.2. The van der Waals surface area contributed by atoms with Crippen molar-refractivity contribution in [3.05, 3.63) is 71.8 Å². The molecule has 0 fully saturated rings. The lowest BCUT2D eigenvalue weighted by Crippen LogP contribution is -2.03. The zero-order valence-electron chi connectivity index (χ0n) is 13.5. The van der Waals surface area contributed by atoms with Gasteiger partial charge in [0, 0.05) is 5.69 Å². The number of nitrogens with zero attached hydrogens (tertiary/aromatic N) is 5. The molecule has 0 aliphatic carbocycles. The quantitative estimate of drug-likeness (QED) is 0.619. The van der Waals surface area contributed by atoms with E-state index in [0.717, 1.165) is 16.8 Å². The van der Waals surface area contributed by atoms with Gasteiger partial charge in [0.15, 0.2) is 17.0 Å². The van der Waals surface area contributed by atoms with Gasteiger partial charge in [0.1, 0.15) is 12.1 Å². The third-order valence-electron chi connectivity index (χ3n) is 3.83. The minimum Gasteiger partial charge on any atom is -0.338 e. The van der Waals surface area contributed by atoms with Crippen molar-refractivity contribution in [2.24, 2.45) is 0 Å². The molecule has 0 saturated heterocycles. The molecule has 25 heavy (non-hydrogen) atoms. The van der Waals surface area contributed by atoms with Crippen molar-refractivity contribution in [2.75, 3.05) is 5.32 Å². The van der Waals surface area contributed by atoms with Crippen LogP contribution in [0.15, 0.2) is 54.9 Å². The summed E-state index contributed by atoms with van der Waals surface area (Å²) in [4.78, 5) is 8.56. The van der Waals surface area contributed by atoms with E-state index in [1.54, 1.807) is 16.8 Å². The maximum atomic E-state index is 13.0. The zero-order valence-corrected chi connectivity index (χ0v) is 13.5. The highest BCUT2D eigenvalue weighted by molar-refractivity contribution is 5.84. The van der Waals surface area contributed by atoms with Crippen LogP contribution in [0.1, 0.15) is 11.1 Å². The van der Waals surface area contributed by atoms with Crippen LogP contribution in [0.3, 0.4) is 0 Å².